The van der Waals surface area contributed by atoms with Crippen molar-refractivity contribution >= 4 is 5.91 Å². The number of piperidine rings is 3. The predicted molar refractivity (Wildman–Crippen MR) is 89.1 cm³/mol. The molecule has 2 aromatic rings. The highest BCUT2D eigenvalue weighted by Crippen LogP contribution is 2.32. The second-order valence-electron chi connectivity index (χ2n) is 6.91. The first-order valence-electron chi connectivity index (χ1n) is 8.63. The number of benzene rings is 1. The predicted octanol–water partition coefficient (Wildman–Crippen LogP) is 3.44. The number of carbonyl (C=O) groups is 1. The molecule has 1 aromatic heterocycles. The molecule has 3 aliphatic heterocycles. The molecule has 1 aromatic carbocycles. The Morgan fingerprint density at radius 1 is 1.16 bits per heavy atom. The number of amides is 1. The van der Waals surface area contributed by atoms with Crippen molar-refractivity contribution in [2.24, 2.45) is 5.92 Å². The highest BCUT2D eigenvalue weighted by atomic mass is 19.2. The average Bonchev–Trinajstić information content (AvgIpc) is 3.11. The van der Waals surface area contributed by atoms with E-state index < -0.39 is 11.6 Å². The second kappa shape index (κ2) is 6.26. The van der Waals surface area contributed by atoms with Gasteiger partial charge in [0.1, 0.15) is 5.76 Å². The van der Waals surface area contributed by atoms with E-state index >= 15 is 0 Å². The molecule has 6 heteroatoms. The molecular formula is C19H20F2N2O2. The van der Waals surface area contributed by atoms with Crippen LogP contribution in [0.15, 0.2) is 34.7 Å². The molecule has 2 atom stereocenters. The van der Waals surface area contributed by atoms with Gasteiger partial charge in [-0.15, -0.1) is 0 Å². The van der Waals surface area contributed by atoms with Crippen molar-refractivity contribution in [3.63, 3.8) is 0 Å². The zero-order valence-electron chi connectivity index (χ0n) is 14.0. The van der Waals surface area contributed by atoms with Crippen LogP contribution in [-0.2, 0) is 0 Å². The van der Waals surface area contributed by atoms with E-state index in [1.165, 1.54) is 6.07 Å². The van der Waals surface area contributed by atoms with E-state index in [2.05, 4.69) is 17.1 Å². The molecule has 3 saturated heterocycles. The van der Waals surface area contributed by atoms with Crippen molar-refractivity contribution in [1.82, 2.24) is 10.2 Å². The third-order valence-corrected chi connectivity index (χ3v) is 5.51. The van der Waals surface area contributed by atoms with E-state index in [0.29, 0.717) is 23.3 Å². The lowest BCUT2D eigenvalue weighted by Gasteiger charge is -2.49. The zero-order valence-corrected chi connectivity index (χ0v) is 14.0. The van der Waals surface area contributed by atoms with E-state index in [4.69, 9.17) is 4.42 Å². The molecular weight excluding hydrogens is 326 g/mol. The van der Waals surface area contributed by atoms with Crippen molar-refractivity contribution < 1.29 is 18.0 Å². The Bertz CT molecular complexity index is 794. The minimum atomic E-state index is -0.944. The molecule has 25 heavy (non-hydrogen) atoms. The molecule has 4 heterocycles. The third-order valence-electron chi connectivity index (χ3n) is 5.51. The van der Waals surface area contributed by atoms with Crippen LogP contribution in [0.2, 0.25) is 0 Å². The number of halogens is 2. The molecule has 2 bridgehead atoms. The summed E-state index contributed by atoms with van der Waals surface area (Å²) in [5.74, 6) is -1.09. The maximum Gasteiger partial charge on any atom is 0.287 e. The molecule has 0 aliphatic carbocycles. The molecule has 1 N–H and O–H groups in total. The van der Waals surface area contributed by atoms with Crippen LogP contribution >= 0.6 is 0 Å². The molecule has 0 spiro atoms. The second-order valence-corrected chi connectivity index (χ2v) is 6.91. The van der Waals surface area contributed by atoms with Gasteiger partial charge in [0, 0.05) is 17.6 Å². The van der Waals surface area contributed by atoms with Crippen LogP contribution in [0.5, 0.6) is 0 Å². The summed E-state index contributed by atoms with van der Waals surface area (Å²) in [7, 11) is 0. The van der Waals surface area contributed by atoms with Gasteiger partial charge in [-0.25, -0.2) is 8.78 Å². The summed E-state index contributed by atoms with van der Waals surface area (Å²) in [6.45, 7) is 4.34. The number of rotatable bonds is 3. The Balaban J connectivity index is 1.50. The Morgan fingerprint density at radius 2 is 1.92 bits per heavy atom. The summed E-state index contributed by atoms with van der Waals surface area (Å²) in [6, 6.07) is 7.13. The molecule has 1 amide bonds. The Morgan fingerprint density at radius 3 is 2.60 bits per heavy atom. The van der Waals surface area contributed by atoms with E-state index in [1.54, 1.807) is 12.1 Å². The van der Waals surface area contributed by atoms with Crippen LogP contribution in [0.3, 0.4) is 0 Å². The van der Waals surface area contributed by atoms with Crippen LogP contribution in [0, 0.1) is 17.6 Å². The third kappa shape index (κ3) is 2.95. The minimum Gasteiger partial charge on any atom is -0.451 e. The fraction of sp³-hybridized carbons (Fsp3) is 0.421. The van der Waals surface area contributed by atoms with Crippen molar-refractivity contribution in [3.8, 4) is 11.3 Å². The quantitative estimate of drug-likeness (QED) is 0.926. The maximum absolute atomic E-state index is 13.4. The standard InChI is InChI=1S/C19H20F2N2O2/c1-11-18(12-6-8-23(11)9-7-12)22-19(24)17-5-4-16(25-17)13-2-3-14(20)15(21)10-13/h2-5,10-12,18H,6-9H2,1H3,(H,22,24). The van der Waals surface area contributed by atoms with E-state index in [1.807, 2.05) is 0 Å². The van der Waals surface area contributed by atoms with Crippen LogP contribution in [0.4, 0.5) is 8.78 Å². The highest BCUT2D eigenvalue weighted by Gasteiger charge is 2.40. The van der Waals surface area contributed by atoms with Gasteiger partial charge in [0.05, 0.1) is 0 Å². The molecule has 132 valence electrons. The van der Waals surface area contributed by atoms with Gasteiger partial charge in [-0.3, -0.25) is 9.69 Å². The van der Waals surface area contributed by atoms with Gasteiger partial charge in [0.15, 0.2) is 17.4 Å². The molecule has 0 radical (unpaired) electrons. The molecule has 5 rings (SSSR count). The number of furan rings is 1. The Labute approximate surface area is 144 Å². The van der Waals surface area contributed by atoms with Crippen molar-refractivity contribution in [1.29, 1.82) is 0 Å². The zero-order chi connectivity index (χ0) is 17.6. The molecule has 2 unspecified atom stereocenters. The van der Waals surface area contributed by atoms with Gasteiger partial charge < -0.3 is 9.73 Å². The number of fused-ring (bicyclic) bond motifs is 3. The summed E-state index contributed by atoms with van der Waals surface area (Å²) in [4.78, 5) is 14.9. The molecule has 0 saturated carbocycles. The van der Waals surface area contributed by atoms with Gasteiger partial charge in [-0.2, -0.15) is 0 Å². The summed E-state index contributed by atoms with van der Waals surface area (Å²) < 4.78 is 32.0. The maximum atomic E-state index is 13.4. The normalized spacial score (nSPS) is 28.1. The van der Waals surface area contributed by atoms with Gasteiger partial charge >= 0.3 is 0 Å². The first-order valence-corrected chi connectivity index (χ1v) is 8.63. The summed E-state index contributed by atoms with van der Waals surface area (Å²) >= 11 is 0. The lowest BCUT2D eigenvalue weighted by atomic mass is 9.79. The average molecular weight is 346 g/mol. The first-order chi connectivity index (χ1) is 12.0. The number of hydrogen-bond acceptors (Lipinski definition) is 3. The van der Waals surface area contributed by atoms with E-state index in [9.17, 15) is 13.6 Å². The van der Waals surface area contributed by atoms with Crippen molar-refractivity contribution in [2.45, 2.75) is 31.8 Å². The number of nitrogens with zero attached hydrogens (tertiary/aromatic N) is 1. The summed E-state index contributed by atoms with van der Waals surface area (Å²) in [5, 5.41) is 3.09. The number of nitrogens with one attached hydrogen (secondary N) is 1. The Kier molecular flexibility index (Phi) is 4.07. The lowest BCUT2D eigenvalue weighted by Crippen LogP contribution is -2.62. The van der Waals surface area contributed by atoms with Crippen LogP contribution in [0.25, 0.3) is 11.3 Å². The topological polar surface area (TPSA) is 45.5 Å². The molecule has 4 nitrogen and oxygen atoms in total. The summed E-state index contributed by atoms with van der Waals surface area (Å²) in [5.41, 5.74) is 0.397. The van der Waals surface area contributed by atoms with E-state index in [-0.39, 0.29) is 17.7 Å². The monoisotopic (exact) mass is 346 g/mol. The summed E-state index contributed by atoms with van der Waals surface area (Å²) in [6.07, 6.45) is 2.21. The molecule has 3 aliphatic rings. The fourth-order valence-electron chi connectivity index (χ4n) is 4.03. The first kappa shape index (κ1) is 16.3. The molecule has 3 fully saturated rings. The van der Waals surface area contributed by atoms with Crippen LogP contribution < -0.4 is 5.32 Å². The lowest BCUT2D eigenvalue weighted by molar-refractivity contribution is 0.0211. The SMILES string of the molecule is CC1C(NC(=O)c2ccc(-c3ccc(F)c(F)c3)o2)C2CCN1CC2. The van der Waals surface area contributed by atoms with Crippen LogP contribution in [-0.4, -0.2) is 36.0 Å². The Hall–Kier alpha value is -2.21. The minimum absolute atomic E-state index is 0.117. The number of carbonyl (C=O) groups excluding carboxylic acids is 1. The van der Waals surface area contributed by atoms with E-state index in [0.717, 1.165) is 38.1 Å². The fourth-order valence-corrected chi connectivity index (χ4v) is 4.03. The van der Waals surface area contributed by atoms with Crippen molar-refractivity contribution in [3.05, 3.63) is 47.7 Å². The largest absolute Gasteiger partial charge is 0.451 e. The highest BCUT2D eigenvalue weighted by molar-refractivity contribution is 5.92. The van der Waals surface area contributed by atoms with Gasteiger partial charge in [-0.05, 0) is 69.1 Å². The van der Waals surface area contributed by atoms with Crippen molar-refractivity contribution in [2.75, 3.05) is 13.1 Å². The number of hydrogen-bond donors (Lipinski definition) is 1. The van der Waals surface area contributed by atoms with Gasteiger partial charge in [-0.1, -0.05) is 0 Å². The van der Waals surface area contributed by atoms with Gasteiger partial charge in [0.2, 0.25) is 0 Å². The smallest absolute Gasteiger partial charge is 0.287 e. The van der Waals surface area contributed by atoms with Crippen LogP contribution in [0.1, 0.15) is 30.3 Å². The van der Waals surface area contributed by atoms with Gasteiger partial charge in [0.25, 0.3) is 5.91 Å².